The van der Waals surface area contributed by atoms with Gasteiger partial charge >= 0.3 is 5.69 Å². The lowest BCUT2D eigenvalue weighted by Crippen LogP contribution is -2.39. The van der Waals surface area contributed by atoms with Crippen LogP contribution in [0.5, 0.6) is 0 Å². The van der Waals surface area contributed by atoms with Gasteiger partial charge < -0.3 is 15.6 Å². The number of H-pyrrole nitrogens is 1. The zero-order chi connectivity index (χ0) is 15.5. The van der Waals surface area contributed by atoms with Crippen molar-refractivity contribution in [1.29, 1.82) is 0 Å². The number of imidazole rings is 1. The number of carbonyl (C=O) groups excluding carboxylic acids is 1. The van der Waals surface area contributed by atoms with Crippen LogP contribution in [0.25, 0.3) is 11.0 Å². The van der Waals surface area contributed by atoms with Crippen LogP contribution in [0.3, 0.4) is 0 Å². The summed E-state index contributed by atoms with van der Waals surface area (Å²) >= 11 is 0. The molecule has 1 aliphatic heterocycles. The second-order valence-electron chi connectivity index (χ2n) is 5.97. The molecule has 118 valence electrons. The average Bonchev–Trinajstić information content (AvgIpc) is 2.84. The standard InChI is InChI=1S/C16H22N4O2/c17-15(21)12-6-10-19(11-7-12)8-3-9-20-14-5-2-1-4-13(14)18-16(20)22/h1-2,4-5,12H,3,6-11H2,(H2,17,21)(H,18,22). The molecule has 0 aliphatic carbocycles. The minimum absolute atomic E-state index is 0.0347. The largest absolute Gasteiger partial charge is 0.369 e. The summed E-state index contributed by atoms with van der Waals surface area (Å²) in [5.41, 5.74) is 7.14. The Morgan fingerprint density at radius 1 is 1.23 bits per heavy atom. The maximum Gasteiger partial charge on any atom is 0.326 e. The number of likely N-dealkylation sites (tertiary alicyclic amines) is 1. The molecule has 6 heteroatoms. The highest BCUT2D eigenvalue weighted by Gasteiger charge is 2.22. The summed E-state index contributed by atoms with van der Waals surface area (Å²) in [6.45, 7) is 3.48. The van der Waals surface area contributed by atoms with Crippen LogP contribution >= 0.6 is 0 Å². The van der Waals surface area contributed by atoms with Gasteiger partial charge in [-0.25, -0.2) is 4.79 Å². The van der Waals surface area contributed by atoms with E-state index in [4.69, 9.17) is 5.73 Å². The third-order valence-electron chi connectivity index (χ3n) is 4.53. The molecule has 1 saturated heterocycles. The molecule has 0 saturated carbocycles. The summed E-state index contributed by atoms with van der Waals surface area (Å²) in [5.74, 6) is -0.141. The summed E-state index contributed by atoms with van der Waals surface area (Å²) in [5, 5.41) is 0. The molecule has 0 spiro atoms. The van der Waals surface area contributed by atoms with E-state index in [1.54, 1.807) is 4.57 Å². The average molecular weight is 302 g/mol. The summed E-state index contributed by atoms with van der Waals surface area (Å²) in [4.78, 5) is 28.4. The molecule has 0 radical (unpaired) electrons. The molecule has 1 aromatic carbocycles. The van der Waals surface area contributed by atoms with Gasteiger partial charge in [0.15, 0.2) is 0 Å². The van der Waals surface area contributed by atoms with Crippen LogP contribution in [-0.4, -0.2) is 40.0 Å². The lowest BCUT2D eigenvalue weighted by molar-refractivity contribution is -0.123. The number of aromatic nitrogens is 2. The van der Waals surface area contributed by atoms with E-state index in [-0.39, 0.29) is 17.5 Å². The van der Waals surface area contributed by atoms with Crippen molar-refractivity contribution >= 4 is 16.9 Å². The maximum absolute atomic E-state index is 12.0. The molecule has 2 heterocycles. The predicted octanol–water partition coefficient (Wildman–Crippen LogP) is 0.917. The lowest BCUT2D eigenvalue weighted by Gasteiger charge is -2.30. The van der Waals surface area contributed by atoms with Crippen molar-refractivity contribution in [3.63, 3.8) is 0 Å². The Balaban J connectivity index is 1.54. The smallest absolute Gasteiger partial charge is 0.326 e. The second kappa shape index (κ2) is 6.36. The maximum atomic E-state index is 12.0. The normalized spacial score (nSPS) is 17.1. The first kappa shape index (κ1) is 14.8. The van der Waals surface area contributed by atoms with Crippen LogP contribution < -0.4 is 11.4 Å². The molecule has 1 aliphatic rings. The molecular formula is C16H22N4O2. The summed E-state index contributed by atoms with van der Waals surface area (Å²) < 4.78 is 1.80. The molecule has 1 aromatic heterocycles. The zero-order valence-corrected chi connectivity index (χ0v) is 12.6. The molecular weight excluding hydrogens is 280 g/mol. The number of nitrogens with one attached hydrogen (secondary N) is 1. The molecule has 2 aromatic rings. The Hall–Kier alpha value is -2.08. The Kier molecular flexibility index (Phi) is 4.29. The number of rotatable bonds is 5. The number of nitrogens with zero attached hydrogens (tertiary/aromatic N) is 2. The van der Waals surface area contributed by atoms with E-state index in [1.807, 2.05) is 24.3 Å². The van der Waals surface area contributed by atoms with E-state index in [1.165, 1.54) is 0 Å². The third kappa shape index (κ3) is 3.06. The highest BCUT2D eigenvalue weighted by Crippen LogP contribution is 2.17. The number of carbonyl (C=O) groups is 1. The predicted molar refractivity (Wildman–Crippen MR) is 85.5 cm³/mol. The number of amides is 1. The molecule has 0 unspecified atom stereocenters. The molecule has 0 bridgehead atoms. The van der Waals surface area contributed by atoms with Gasteiger partial charge in [0.1, 0.15) is 0 Å². The quantitative estimate of drug-likeness (QED) is 0.861. The van der Waals surface area contributed by atoms with Crippen molar-refractivity contribution in [3.05, 3.63) is 34.7 Å². The Labute approximate surface area is 128 Å². The summed E-state index contributed by atoms with van der Waals surface area (Å²) in [6, 6.07) is 7.75. The first-order valence-electron chi connectivity index (χ1n) is 7.84. The number of para-hydroxylation sites is 2. The van der Waals surface area contributed by atoms with Gasteiger partial charge in [0.25, 0.3) is 0 Å². The minimum atomic E-state index is -0.176. The molecule has 1 amide bonds. The van der Waals surface area contributed by atoms with Gasteiger partial charge in [0.2, 0.25) is 5.91 Å². The van der Waals surface area contributed by atoms with Gasteiger partial charge in [-0.1, -0.05) is 12.1 Å². The van der Waals surface area contributed by atoms with E-state index in [0.29, 0.717) is 6.54 Å². The van der Waals surface area contributed by atoms with Gasteiger partial charge in [0, 0.05) is 12.5 Å². The molecule has 1 fully saturated rings. The van der Waals surface area contributed by atoms with Crippen molar-refractivity contribution < 1.29 is 4.79 Å². The van der Waals surface area contributed by atoms with Crippen LogP contribution in [0, 0.1) is 5.92 Å². The topological polar surface area (TPSA) is 84.1 Å². The molecule has 0 atom stereocenters. The van der Waals surface area contributed by atoms with Crippen molar-refractivity contribution in [3.8, 4) is 0 Å². The van der Waals surface area contributed by atoms with Crippen LogP contribution in [0.1, 0.15) is 19.3 Å². The van der Waals surface area contributed by atoms with Crippen molar-refractivity contribution in [2.24, 2.45) is 11.7 Å². The fourth-order valence-corrected chi connectivity index (χ4v) is 3.22. The highest BCUT2D eigenvalue weighted by molar-refractivity contribution is 5.76. The van der Waals surface area contributed by atoms with Gasteiger partial charge in [-0.15, -0.1) is 0 Å². The van der Waals surface area contributed by atoms with Crippen molar-refractivity contribution in [2.45, 2.75) is 25.8 Å². The number of hydrogen-bond donors (Lipinski definition) is 2. The number of primary amides is 1. The number of fused-ring (bicyclic) bond motifs is 1. The Bertz CT molecular complexity index is 710. The number of nitrogens with two attached hydrogens (primary N) is 1. The van der Waals surface area contributed by atoms with Crippen LogP contribution in [0.15, 0.2) is 29.1 Å². The Morgan fingerprint density at radius 3 is 2.68 bits per heavy atom. The first-order chi connectivity index (χ1) is 10.6. The third-order valence-corrected chi connectivity index (χ3v) is 4.53. The van der Waals surface area contributed by atoms with E-state index in [2.05, 4.69) is 9.88 Å². The molecule has 3 N–H and O–H groups in total. The fourth-order valence-electron chi connectivity index (χ4n) is 3.22. The van der Waals surface area contributed by atoms with E-state index >= 15 is 0 Å². The van der Waals surface area contributed by atoms with Crippen LogP contribution in [-0.2, 0) is 11.3 Å². The lowest BCUT2D eigenvalue weighted by atomic mass is 9.96. The SMILES string of the molecule is NC(=O)C1CCN(CCCn2c(=O)[nH]c3ccccc32)CC1. The minimum Gasteiger partial charge on any atom is -0.369 e. The van der Waals surface area contributed by atoms with Crippen LogP contribution in [0.2, 0.25) is 0 Å². The zero-order valence-electron chi connectivity index (χ0n) is 12.6. The fraction of sp³-hybridized carbons (Fsp3) is 0.500. The van der Waals surface area contributed by atoms with Gasteiger partial charge in [-0.05, 0) is 51.0 Å². The number of hydrogen-bond acceptors (Lipinski definition) is 3. The summed E-state index contributed by atoms with van der Waals surface area (Å²) in [6.07, 6.45) is 2.62. The van der Waals surface area contributed by atoms with E-state index in [0.717, 1.165) is 49.9 Å². The van der Waals surface area contributed by atoms with E-state index < -0.39 is 0 Å². The number of aromatic amines is 1. The number of piperidine rings is 1. The van der Waals surface area contributed by atoms with Crippen molar-refractivity contribution in [2.75, 3.05) is 19.6 Å². The van der Waals surface area contributed by atoms with Crippen molar-refractivity contribution in [1.82, 2.24) is 14.5 Å². The second-order valence-corrected chi connectivity index (χ2v) is 5.97. The van der Waals surface area contributed by atoms with Crippen LogP contribution in [0.4, 0.5) is 0 Å². The highest BCUT2D eigenvalue weighted by atomic mass is 16.1. The monoisotopic (exact) mass is 302 g/mol. The van der Waals surface area contributed by atoms with Gasteiger partial charge in [-0.2, -0.15) is 0 Å². The van der Waals surface area contributed by atoms with E-state index in [9.17, 15) is 9.59 Å². The number of aryl methyl sites for hydroxylation is 1. The molecule has 3 rings (SSSR count). The van der Waals surface area contributed by atoms with Gasteiger partial charge in [-0.3, -0.25) is 9.36 Å². The molecule has 6 nitrogen and oxygen atoms in total. The van der Waals surface area contributed by atoms with Gasteiger partial charge in [0.05, 0.1) is 11.0 Å². The molecule has 22 heavy (non-hydrogen) atoms. The first-order valence-corrected chi connectivity index (χ1v) is 7.84. The summed E-state index contributed by atoms with van der Waals surface area (Å²) in [7, 11) is 0. The number of benzene rings is 1. The Morgan fingerprint density at radius 2 is 1.95 bits per heavy atom.